The Morgan fingerprint density at radius 1 is 1.05 bits per heavy atom. The monoisotopic (exact) mass is 292 g/mol. The Bertz CT molecular complexity index is 772. The average Bonchev–Trinajstić information content (AvgIpc) is 2.99. The Morgan fingerprint density at radius 2 is 1.77 bits per heavy atom. The van der Waals surface area contributed by atoms with Crippen LogP contribution in [0.2, 0.25) is 0 Å². The molecule has 0 bridgehead atoms. The minimum atomic E-state index is 0.372. The van der Waals surface area contributed by atoms with Crippen LogP contribution in [-0.4, -0.2) is 15.0 Å². The first-order valence-corrected chi connectivity index (χ1v) is 7.54. The minimum Gasteiger partial charge on any atom is -0.325 e. The van der Waals surface area contributed by atoms with Crippen LogP contribution in [0, 0.1) is 6.92 Å². The Morgan fingerprint density at radius 3 is 2.41 bits per heavy atom. The number of nitrogens with zero attached hydrogens (tertiary/aromatic N) is 3. The number of rotatable bonds is 4. The highest BCUT2D eigenvalue weighted by atomic mass is 15.4. The standard InChI is InChI=1S/C18H20N4/c1-3-14-8-10-15(11-9-14)22-18(17(12-19)20-21-22)16-7-5-4-6-13(16)2/h4-11H,3,12,19H2,1-2H3. The number of hydrogen-bond donors (Lipinski definition) is 1. The predicted molar refractivity (Wildman–Crippen MR) is 88.8 cm³/mol. The van der Waals surface area contributed by atoms with E-state index in [1.807, 2.05) is 16.8 Å². The largest absolute Gasteiger partial charge is 0.325 e. The summed E-state index contributed by atoms with van der Waals surface area (Å²) in [7, 11) is 0. The van der Waals surface area contributed by atoms with Crippen molar-refractivity contribution in [1.29, 1.82) is 0 Å². The lowest BCUT2D eigenvalue weighted by Gasteiger charge is -2.10. The van der Waals surface area contributed by atoms with Crippen LogP contribution in [0.1, 0.15) is 23.7 Å². The van der Waals surface area contributed by atoms with Gasteiger partial charge in [-0.1, -0.05) is 48.5 Å². The topological polar surface area (TPSA) is 56.7 Å². The third-order valence-electron chi connectivity index (χ3n) is 3.92. The van der Waals surface area contributed by atoms with Gasteiger partial charge in [-0.05, 0) is 36.6 Å². The summed E-state index contributed by atoms with van der Waals surface area (Å²) < 4.78 is 1.88. The van der Waals surface area contributed by atoms with Gasteiger partial charge in [-0.15, -0.1) is 5.10 Å². The minimum absolute atomic E-state index is 0.372. The molecule has 0 aliphatic carbocycles. The maximum absolute atomic E-state index is 5.86. The van der Waals surface area contributed by atoms with Gasteiger partial charge in [-0.3, -0.25) is 0 Å². The second-order valence-electron chi connectivity index (χ2n) is 5.34. The van der Waals surface area contributed by atoms with E-state index in [0.717, 1.165) is 29.1 Å². The molecular weight excluding hydrogens is 272 g/mol. The van der Waals surface area contributed by atoms with Crippen LogP contribution in [-0.2, 0) is 13.0 Å². The van der Waals surface area contributed by atoms with Crippen LogP contribution in [0.4, 0.5) is 0 Å². The van der Waals surface area contributed by atoms with Gasteiger partial charge in [0.15, 0.2) is 0 Å². The first-order valence-electron chi connectivity index (χ1n) is 7.54. The quantitative estimate of drug-likeness (QED) is 0.803. The molecule has 1 heterocycles. The van der Waals surface area contributed by atoms with Gasteiger partial charge in [-0.2, -0.15) is 0 Å². The molecular formula is C18H20N4. The maximum atomic E-state index is 5.86. The average molecular weight is 292 g/mol. The summed E-state index contributed by atoms with van der Waals surface area (Å²) in [4.78, 5) is 0. The zero-order valence-corrected chi connectivity index (χ0v) is 13.0. The molecule has 112 valence electrons. The zero-order valence-electron chi connectivity index (χ0n) is 13.0. The first-order chi connectivity index (χ1) is 10.7. The van der Waals surface area contributed by atoms with Crippen molar-refractivity contribution < 1.29 is 0 Å². The van der Waals surface area contributed by atoms with Crippen molar-refractivity contribution in [3.63, 3.8) is 0 Å². The van der Waals surface area contributed by atoms with Crippen molar-refractivity contribution in [2.45, 2.75) is 26.8 Å². The van der Waals surface area contributed by atoms with Gasteiger partial charge in [0.25, 0.3) is 0 Å². The molecule has 0 spiro atoms. The Labute approximate surface area is 130 Å². The van der Waals surface area contributed by atoms with Gasteiger partial charge >= 0.3 is 0 Å². The van der Waals surface area contributed by atoms with Crippen LogP contribution in [0.3, 0.4) is 0 Å². The third-order valence-corrected chi connectivity index (χ3v) is 3.92. The number of aromatic nitrogens is 3. The summed E-state index contributed by atoms with van der Waals surface area (Å²) in [6.45, 7) is 4.61. The molecule has 0 aliphatic heterocycles. The van der Waals surface area contributed by atoms with Crippen molar-refractivity contribution >= 4 is 0 Å². The van der Waals surface area contributed by atoms with Gasteiger partial charge < -0.3 is 5.73 Å². The molecule has 0 saturated carbocycles. The van der Waals surface area contributed by atoms with Crippen LogP contribution in [0.5, 0.6) is 0 Å². The normalized spacial score (nSPS) is 10.9. The summed E-state index contributed by atoms with van der Waals surface area (Å²) in [5.74, 6) is 0. The number of aryl methyl sites for hydroxylation is 2. The van der Waals surface area contributed by atoms with Crippen molar-refractivity contribution in [3.05, 3.63) is 65.4 Å². The lowest BCUT2D eigenvalue weighted by atomic mass is 10.0. The van der Waals surface area contributed by atoms with Crippen LogP contribution in [0.25, 0.3) is 16.9 Å². The van der Waals surface area contributed by atoms with E-state index in [1.165, 1.54) is 11.1 Å². The lowest BCUT2D eigenvalue weighted by molar-refractivity contribution is 0.799. The van der Waals surface area contributed by atoms with Crippen molar-refractivity contribution in [1.82, 2.24) is 15.0 Å². The van der Waals surface area contributed by atoms with Gasteiger partial charge in [0, 0.05) is 12.1 Å². The molecule has 0 atom stereocenters. The molecule has 4 nitrogen and oxygen atoms in total. The molecule has 3 aromatic rings. The Hall–Kier alpha value is -2.46. The predicted octanol–water partition coefficient (Wildman–Crippen LogP) is 3.26. The summed E-state index contributed by atoms with van der Waals surface area (Å²) >= 11 is 0. The van der Waals surface area contributed by atoms with Crippen molar-refractivity contribution in [2.24, 2.45) is 5.73 Å². The van der Waals surface area contributed by atoms with E-state index in [4.69, 9.17) is 5.73 Å². The Kier molecular flexibility index (Phi) is 4.02. The fourth-order valence-electron chi connectivity index (χ4n) is 2.61. The Balaban J connectivity index is 2.17. The maximum Gasteiger partial charge on any atom is 0.105 e. The van der Waals surface area contributed by atoms with E-state index in [9.17, 15) is 0 Å². The molecule has 3 rings (SSSR count). The first kappa shape index (κ1) is 14.5. The molecule has 0 aliphatic rings. The lowest BCUT2D eigenvalue weighted by Crippen LogP contribution is -2.03. The summed E-state index contributed by atoms with van der Waals surface area (Å²) in [5.41, 5.74) is 12.3. The van der Waals surface area contributed by atoms with Gasteiger partial charge in [0.1, 0.15) is 5.69 Å². The van der Waals surface area contributed by atoms with E-state index in [1.54, 1.807) is 0 Å². The van der Waals surface area contributed by atoms with Gasteiger partial charge in [-0.25, -0.2) is 4.68 Å². The third kappa shape index (κ3) is 2.53. The molecule has 0 amide bonds. The molecule has 22 heavy (non-hydrogen) atoms. The molecule has 0 radical (unpaired) electrons. The van der Waals surface area contributed by atoms with Crippen molar-refractivity contribution in [2.75, 3.05) is 0 Å². The summed E-state index contributed by atoms with van der Waals surface area (Å²) in [5, 5.41) is 8.58. The number of benzene rings is 2. The summed E-state index contributed by atoms with van der Waals surface area (Å²) in [6, 6.07) is 16.6. The molecule has 2 aromatic carbocycles. The highest BCUT2D eigenvalue weighted by molar-refractivity contribution is 5.67. The van der Waals surface area contributed by atoms with Crippen LogP contribution < -0.4 is 5.73 Å². The highest BCUT2D eigenvalue weighted by Gasteiger charge is 2.16. The molecule has 0 saturated heterocycles. The van der Waals surface area contributed by atoms with Crippen molar-refractivity contribution in [3.8, 4) is 16.9 Å². The molecule has 0 fully saturated rings. The fraction of sp³-hybridized carbons (Fsp3) is 0.222. The number of nitrogens with two attached hydrogens (primary N) is 1. The fourth-order valence-corrected chi connectivity index (χ4v) is 2.61. The molecule has 4 heteroatoms. The highest BCUT2D eigenvalue weighted by Crippen LogP contribution is 2.27. The SMILES string of the molecule is CCc1ccc(-n2nnc(CN)c2-c2ccccc2C)cc1. The van der Waals surface area contributed by atoms with Crippen LogP contribution >= 0.6 is 0 Å². The van der Waals surface area contributed by atoms with E-state index in [-0.39, 0.29) is 0 Å². The van der Waals surface area contributed by atoms with E-state index < -0.39 is 0 Å². The van der Waals surface area contributed by atoms with Gasteiger partial charge in [0.2, 0.25) is 0 Å². The smallest absolute Gasteiger partial charge is 0.105 e. The van der Waals surface area contributed by atoms with E-state index >= 15 is 0 Å². The second kappa shape index (κ2) is 6.12. The molecule has 2 N–H and O–H groups in total. The van der Waals surface area contributed by atoms with E-state index in [0.29, 0.717) is 6.54 Å². The summed E-state index contributed by atoms with van der Waals surface area (Å²) in [6.07, 6.45) is 1.02. The van der Waals surface area contributed by atoms with Gasteiger partial charge in [0.05, 0.1) is 11.4 Å². The number of hydrogen-bond acceptors (Lipinski definition) is 3. The molecule has 0 unspecified atom stereocenters. The van der Waals surface area contributed by atoms with Crippen LogP contribution in [0.15, 0.2) is 48.5 Å². The van der Waals surface area contributed by atoms with E-state index in [2.05, 4.69) is 60.6 Å². The second-order valence-corrected chi connectivity index (χ2v) is 5.34. The zero-order chi connectivity index (χ0) is 15.5. The molecule has 1 aromatic heterocycles.